The van der Waals surface area contributed by atoms with Crippen molar-refractivity contribution < 1.29 is 0 Å². The summed E-state index contributed by atoms with van der Waals surface area (Å²) in [5.41, 5.74) is 2.58. The number of hydrogen-bond acceptors (Lipinski definition) is 10. The number of likely N-dealkylation sites (N-methyl/N-ethyl adjacent to an activating group) is 1. The molecule has 0 spiro atoms. The second-order valence-corrected chi connectivity index (χ2v) is 9.17. The van der Waals surface area contributed by atoms with Gasteiger partial charge in [-0.25, -0.2) is 4.98 Å². The zero-order chi connectivity index (χ0) is 24.5. The Hall–Kier alpha value is -3.64. The van der Waals surface area contributed by atoms with E-state index in [0.717, 1.165) is 45.0 Å². The van der Waals surface area contributed by atoms with Crippen molar-refractivity contribution in [3.8, 4) is 12.1 Å². The van der Waals surface area contributed by atoms with Gasteiger partial charge in [0.1, 0.15) is 6.07 Å². The summed E-state index contributed by atoms with van der Waals surface area (Å²) in [6.07, 6.45) is 1.46. The highest BCUT2D eigenvalue weighted by Gasteiger charge is 2.32. The third-order valence-corrected chi connectivity index (χ3v) is 6.86. The average molecular weight is 492 g/mol. The molecule has 0 saturated carbocycles. The highest BCUT2D eigenvalue weighted by Crippen LogP contribution is 2.36. The maximum Gasteiger partial charge on any atom is 0.247 e. The van der Waals surface area contributed by atoms with Crippen molar-refractivity contribution >= 4 is 40.4 Å². The largest absolute Gasteiger partial charge is 0.368 e. The van der Waals surface area contributed by atoms with Crippen LogP contribution < -0.4 is 15.5 Å². The van der Waals surface area contributed by atoms with Gasteiger partial charge in [-0.15, -0.1) is 5.10 Å². The van der Waals surface area contributed by atoms with Crippen LogP contribution in [-0.2, 0) is 0 Å². The fraction of sp³-hybridized carbons (Fsp3) is 0.435. The Labute approximate surface area is 208 Å². The predicted octanol–water partition coefficient (Wildman–Crippen LogP) is 2.13. The van der Waals surface area contributed by atoms with Crippen molar-refractivity contribution in [3.63, 3.8) is 0 Å². The minimum Gasteiger partial charge on any atom is -0.368 e. The van der Waals surface area contributed by atoms with E-state index in [1.807, 2.05) is 13.0 Å². The molecule has 2 aliphatic rings. The molecule has 1 aromatic carbocycles. The van der Waals surface area contributed by atoms with E-state index in [2.05, 4.69) is 59.6 Å². The van der Waals surface area contributed by atoms with Gasteiger partial charge in [0.15, 0.2) is 17.2 Å². The number of likely N-dealkylation sites (tertiary alicyclic amines) is 1. The van der Waals surface area contributed by atoms with Crippen LogP contribution in [0.15, 0.2) is 18.3 Å². The molecule has 2 saturated heterocycles. The van der Waals surface area contributed by atoms with E-state index < -0.39 is 0 Å². The molecule has 11 nitrogen and oxygen atoms in total. The number of nitriles is 2. The summed E-state index contributed by atoms with van der Waals surface area (Å²) in [7, 11) is 2.14. The van der Waals surface area contributed by atoms with E-state index in [0.29, 0.717) is 40.3 Å². The number of aromatic nitrogens is 4. The normalized spacial score (nSPS) is 17.1. The van der Waals surface area contributed by atoms with Crippen LogP contribution in [0.25, 0.3) is 5.65 Å². The Morgan fingerprint density at radius 2 is 1.91 bits per heavy atom. The minimum atomic E-state index is 0.241. The molecule has 2 N–H and O–H groups in total. The van der Waals surface area contributed by atoms with Gasteiger partial charge in [-0.05, 0) is 26.1 Å². The van der Waals surface area contributed by atoms with Gasteiger partial charge in [-0.1, -0.05) is 11.6 Å². The number of hydrogen-bond donors (Lipinski definition) is 2. The summed E-state index contributed by atoms with van der Waals surface area (Å²) in [5.74, 6) is 0.738. The number of fused-ring (bicyclic) bond motifs is 1. The lowest BCUT2D eigenvalue weighted by atomic mass is 10.1. The van der Waals surface area contributed by atoms with Crippen LogP contribution in [0.1, 0.15) is 18.2 Å². The number of nitrogens with one attached hydrogen (secondary N) is 2. The summed E-state index contributed by atoms with van der Waals surface area (Å²) in [5, 5.41) is 30.4. The molecule has 2 aliphatic heterocycles. The standard InChI is InChI=1S/C23H26ClN11/c1-3-27-21-22-28-12-16(11-26)35(22)31-23(30-21)29-18-8-15(10-25)9-19(20(18)24)34-6-4-33(5-7-34)17-13-32(2)14-17/h8-9,12,17H,3-7,13-14H2,1-2H3,(H2,27,29,30,31). The number of halogens is 1. The second-order valence-electron chi connectivity index (χ2n) is 8.80. The van der Waals surface area contributed by atoms with E-state index in [9.17, 15) is 10.5 Å². The number of anilines is 4. The van der Waals surface area contributed by atoms with Crippen molar-refractivity contribution in [1.29, 1.82) is 10.5 Å². The molecule has 0 bridgehead atoms. The lowest BCUT2D eigenvalue weighted by Gasteiger charge is -2.47. The van der Waals surface area contributed by atoms with E-state index in [4.69, 9.17) is 11.6 Å². The van der Waals surface area contributed by atoms with Gasteiger partial charge in [-0.2, -0.15) is 20.0 Å². The molecular formula is C23H26ClN11. The van der Waals surface area contributed by atoms with Crippen LogP contribution >= 0.6 is 11.6 Å². The van der Waals surface area contributed by atoms with Crippen LogP contribution in [0.5, 0.6) is 0 Å². The van der Waals surface area contributed by atoms with Crippen LogP contribution in [0.4, 0.5) is 23.1 Å². The summed E-state index contributed by atoms with van der Waals surface area (Å²) in [4.78, 5) is 15.9. The van der Waals surface area contributed by atoms with E-state index in [1.165, 1.54) is 10.7 Å². The van der Waals surface area contributed by atoms with Gasteiger partial charge in [0, 0.05) is 51.9 Å². The highest BCUT2D eigenvalue weighted by atomic mass is 35.5. The van der Waals surface area contributed by atoms with Crippen LogP contribution in [0.3, 0.4) is 0 Å². The molecule has 0 radical (unpaired) electrons. The molecule has 0 unspecified atom stereocenters. The first-order valence-electron chi connectivity index (χ1n) is 11.6. The van der Waals surface area contributed by atoms with Gasteiger partial charge in [0.05, 0.1) is 34.2 Å². The Morgan fingerprint density at radius 3 is 2.57 bits per heavy atom. The number of piperazine rings is 1. The molecule has 5 rings (SSSR count). The molecule has 35 heavy (non-hydrogen) atoms. The smallest absolute Gasteiger partial charge is 0.247 e. The third-order valence-electron chi connectivity index (χ3n) is 6.47. The lowest BCUT2D eigenvalue weighted by molar-refractivity contribution is 0.0488. The average Bonchev–Trinajstić information content (AvgIpc) is 3.27. The lowest BCUT2D eigenvalue weighted by Crippen LogP contribution is -2.62. The predicted molar refractivity (Wildman–Crippen MR) is 134 cm³/mol. The van der Waals surface area contributed by atoms with Gasteiger partial charge in [-0.3, -0.25) is 4.90 Å². The topological polar surface area (TPSA) is 124 Å². The zero-order valence-electron chi connectivity index (χ0n) is 19.7. The van der Waals surface area contributed by atoms with Crippen LogP contribution in [0.2, 0.25) is 5.02 Å². The summed E-state index contributed by atoms with van der Waals surface area (Å²) >= 11 is 6.86. The Kier molecular flexibility index (Phi) is 6.31. The van der Waals surface area contributed by atoms with Crippen molar-refractivity contribution in [2.24, 2.45) is 0 Å². The Balaban J connectivity index is 1.43. The molecule has 0 amide bonds. The van der Waals surface area contributed by atoms with Gasteiger partial charge in [0.2, 0.25) is 5.95 Å². The Bertz CT molecular complexity index is 1320. The number of rotatable bonds is 6. The van der Waals surface area contributed by atoms with Crippen LogP contribution in [0, 0.1) is 22.7 Å². The maximum absolute atomic E-state index is 9.68. The third kappa shape index (κ3) is 4.42. The van der Waals surface area contributed by atoms with Crippen molar-refractivity contribution in [3.05, 3.63) is 34.6 Å². The van der Waals surface area contributed by atoms with Gasteiger partial charge in [0.25, 0.3) is 0 Å². The first kappa shape index (κ1) is 23.1. The molecule has 0 atom stereocenters. The molecule has 12 heteroatoms. The molecule has 3 aromatic rings. The number of imidazole rings is 1. The second kappa shape index (κ2) is 9.55. The highest BCUT2D eigenvalue weighted by molar-refractivity contribution is 6.36. The maximum atomic E-state index is 9.68. The SMILES string of the molecule is CCNc1nc(Nc2cc(C#N)cc(N3CCN(C4CN(C)C4)CC3)c2Cl)nn2c(C#N)cnc12. The van der Waals surface area contributed by atoms with Crippen molar-refractivity contribution in [1.82, 2.24) is 29.4 Å². The number of nitrogens with zero attached hydrogens (tertiary/aromatic N) is 9. The van der Waals surface area contributed by atoms with Crippen molar-refractivity contribution in [2.75, 3.05) is 68.4 Å². The molecule has 0 aliphatic carbocycles. The molecular weight excluding hydrogens is 466 g/mol. The fourth-order valence-corrected chi connectivity index (χ4v) is 4.91. The molecule has 4 heterocycles. The monoisotopic (exact) mass is 491 g/mol. The molecule has 180 valence electrons. The van der Waals surface area contributed by atoms with Crippen LogP contribution in [-0.4, -0.2) is 88.3 Å². The minimum absolute atomic E-state index is 0.241. The number of benzene rings is 1. The van der Waals surface area contributed by atoms with Crippen molar-refractivity contribution in [2.45, 2.75) is 13.0 Å². The molecule has 2 aromatic heterocycles. The summed E-state index contributed by atoms with van der Waals surface area (Å²) in [6, 6.07) is 8.46. The Morgan fingerprint density at radius 1 is 1.14 bits per heavy atom. The first-order chi connectivity index (χ1) is 17.0. The summed E-state index contributed by atoms with van der Waals surface area (Å²) in [6.45, 7) is 8.38. The fourth-order valence-electron chi connectivity index (χ4n) is 4.64. The quantitative estimate of drug-likeness (QED) is 0.529. The summed E-state index contributed by atoms with van der Waals surface area (Å²) < 4.78 is 1.44. The van der Waals surface area contributed by atoms with Gasteiger partial charge < -0.3 is 20.4 Å². The zero-order valence-corrected chi connectivity index (χ0v) is 20.4. The van der Waals surface area contributed by atoms with Gasteiger partial charge >= 0.3 is 0 Å². The molecule has 2 fully saturated rings. The first-order valence-corrected chi connectivity index (χ1v) is 12.0. The van der Waals surface area contributed by atoms with E-state index in [1.54, 1.807) is 6.07 Å². The van der Waals surface area contributed by atoms with E-state index in [-0.39, 0.29) is 11.6 Å². The van der Waals surface area contributed by atoms with E-state index >= 15 is 0 Å².